The summed E-state index contributed by atoms with van der Waals surface area (Å²) in [6.07, 6.45) is 0.636. The topological polar surface area (TPSA) is 80.0 Å². The minimum atomic E-state index is -0.351. The van der Waals surface area contributed by atoms with E-state index in [4.69, 9.17) is 17.3 Å². The molecule has 0 bridgehead atoms. The van der Waals surface area contributed by atoms with Crippen molar-refractivity contribution in [3.05, 3.63) is 101 Å². The lowest BCUT2D eigenvalue weighted by atomic mass is 10.0. The maximum Gasteiger partial charge on any atom is 0.325 e. The number of benzene rings is 3. The summed E-state index contributed by atoms with van der Waals surface area (Å²) in [6, 6.07) is 24.6. The first-order chi connectivity index (χ1) is 15.1. The van der Waals surface area contributed by atoms with Crippen molar-refractivity contribution in [1.82, 2.24) is 4.98 Å². The van der Waals surface area contributed by atoms with Crippen molar-refractivity contribution in [2.45, 2.75) is 12.5 Å². The lowest BCUT2D eigenvalue weighted by Crippen LogP contribution is -2.20. The highest BCUT2D eigenvalue weighted by atomic mass is 35.5. The van der Waals surface area contributed by atoms with Crippen LogP contribution in [0.5, 0.6) is 0 Å². The van der Waals surface area contributed by atoms with E-state index in [0.29, 0.717) is 16.6 Å². The third kappa shape index (κ3) is 5.49. The van der Waals surface area contributed by atoms with Crippen LogP contribution in [0.15, 0.2) is 84.2 Å². The van der Waals surface area contributed by atoms with Crippen LogP contribution in [0.3, 0.4) is 0 Å². The highest BCUT2D eigenvalue weighted by Crippen LogP contribution is 2.28. The Morgan fingerprint density at radius 1 is 0.968 bits per heavy atom. The standard InChI is InChI=1S/C24H21ClN4OS/c25-18-12-10-16(11-13-18)14-20(26)22-15-31-24(28-22)29-23(30)27-21-9-5-4-8-19(21)17-6-2-1-3-7-17/h1-13,15,20H,14,26H2,(H2,27,28,29,30). The zero-order valence-corrected chi connectivity index (χ0v) is 18.2. The molecule has 0 radical (unpaired) electrons. The van der Waals surface area contributed by atoms with Crippen LogP contribution >= 0.6 is 22.9 Å². The second kappa shape index (κ2) is 9.75. The van der Waals surface area contributed by atoms with Gasteiger partial charge in [-0.1, -0.05) is 72.3 Å². The second-order valence-corrected chi connectivity index (χ2v) is 8.30. The van der Waals surface area contributed by atoms with Gasteiger partial charge in [0, 0.05) is 16.0 Å². The molecule has 1 heterocycles. The van der Waals surface area contributed by atoms with E-state index in [-0.39, 0.29) is 12.1 Å². The van der Waals surface area contributed by atoms with Gasteiger partial charge in [0.1, 0.15) is 0 Å². The summed E-state index contributed by atoms with van der Waals surface area (Å²) in [5.41, 5.74) is 10.8. The van der Waals surface area contributed by atoms with Gasteiger partial charge in [-0.25, -0.2) is 9.78 Å². The maximum absolute atomic E-state index is 12.6. The Morgan fingerprint density at radius 2 is 1.68 bits per heavy atom. The number of amides is 2. The zero-order valence-electron chi connectivity index (χ0n) is 16.6. The maximum atomic E-state index is 12.6. The Kier molecular flexibility index (Phi) is 6.62. The number of hydrogen-bond acceptors (Lipinski definition) is 4. The molecule has 5 nitrogen and oxygen atoms in total. The van der Waals surface area contributed by atoms with Gasteiger partial charge in [-0.2, -0.15) is 0 Å². The number of anilines is 2. The molecule has 1 aromatic heterocycles. The van der Waals surface area contributed by atoms with Crippen LogP contribution in [-0.2, 0) is 6.42 Å². The Morgan fingerprint density at radius 3 is 2.45 bits per heavy atom. The molecule has 1 unspecified atom stereocenters. The number of hydrogen-bond donors (Lipinski definition) is 3. The molecule has 0 saturated carbocycles. The molecule has 31 heavy (non-hydrogen) atoms. The summed E-state index contributed by atoms with van der Waals surface area (Å²) in [6.45, 7) is 0. The number of nitrogens with zero attached hydrogens (tertiary/aromatic N) is 1. The largest absolute Gasteiger partial charge is 0.325 e. The summed E-state index contributed by atoms with van der Waals surface area (Å²) >= 11 is 7.28. The van der Waals surface area contributed by atoms with Crippen LogP contribution in [0.1, 0.15) is 17.3 Å². The van der Waals surface area contributed by atoms with Gasteiger partial charge < -0.3 is 11.1 Å². The second-order valence-electron chi connectivity index (χ2n) is 7.01. The van der Waals surface area contributed by atoms with Gasteiger partial charge in [0.05, 0.1) is 17.4 Å². The number of para-hydroxylation sites is 1. The molecule has 156 valence electrons. The van der Waals surface area contributed by atoms with Gasteiger partial charge in [0.15, 0.2) is 5.13 Å². The molecular weight excluding hydrogens is 428 g/mol. The van der Waals surface area contributed by atoms with Crippen LogP contribution in [-0.4, -0.2) is 11.0 Å². The summed E-state index contributed by atoms with van der Waals surface area (Å²) in [7, 11) is 0. The van der Waals surface area contributed by atoms with E-state index < -0.39 is 0 Å². The number of aromatic nitrogens is 1. The van der Waals surface area contributed by atoms with Gasteiger partial charge in [-0.15, -0.1) is 11.3 Å². The van der Waals surface area contributed by atoms with Gasteiger partial charge in [0.25, 0.3) is 0 Å². The summed E-state index contributed by atoms with van der Waals surface area (Å²) in [5, 5.41) is 8.77. The SMILES string of the molecule is NC(Cc1ccc(Cl)cc1)c1csc(NC(=O)Nc2ccccc2-c2ccccc2)n1. The fraction of sp³-hybridized carbons (Fsp3) is 0.0833. The van der Waals surface area contributed by atoms with E-state index in [1.54, 1.807) is 0 Å². The van der Waals surface area contributed by atoms with E-state index in [1.165, 1.54) is 11.3 Å². The Hall–Kier alpha value is -3.19. The number of nitrogens with two attached hydrogens (primary N) is 1. The molecule has 0 aliphatic heterocycles. The van der Waals surface area contributed by atoms with E-state index in [0.717, 1.165) is 28.1 Å². The quantitative estimate of drug-likeness (QED) is 0.321. The van der Waals surface area contributed by atoms with E-state index in [1.807, 2.05) is 84.2 Å². The fourth-order valence-corrected chi connectivity index (χ4v) is 4.10. The molecule has 2 amide bonds. The average molecular weight is 449 g/mol. The number of thiazole rings is 1. The molecule has 3 aromatic carbocycles. The third-order valence-electron chi connectivity index (χ3n) is 4.75. The molecule has 7 heteroatoms. The Balaban J connectivity index is 1.40. The predicted octanol–water partition coefficient (Wildman–Crippen LogP) is 6.35. The molecule has 4 aromatic rings. The van der Waals surface area contributed by atoms with Crippen molar-refractivity contribution in [1.29, 1.82) is 0 Å². The van der Waals surface area contributed by atoms with Crippen molar-refractivity contribution in [2.24, 2.45) is 5.73 Å². The van der Waals surface area contributed by atoms with Crippen molar-refractivity contribution in [3.8, 4) is 11.1 Å². The van der Waals surface area contributed by atoms with Crippen molar-refractivity contribution >= 4 is 39.8 Å². The number of nitrogens with one attached hydrogen (secondary N) is 2. The summed E-state index contributed by atoms with van der Waals surface area (Å²) < 4.78 is 0. The number of carbonyl (C=O) groups excluding carboxylic acids is 1. The van der Waals surface area contributed by atoms with Crippen molar-refractivity contribution in [2.75, 3.05) is 10.6 Å². The normalized spacial score (nSPS) is 11.7. The van der Waals surface area contributed by atoms with Gasteiger partial charge in [-0.05, 0) is 35.7 Å². The van der Waals surface area contributed by atoms with Crippen molar-refractivity contribution < 1.29 is 4.79 Å². The summed E-state index contributed by atoms with van der Waals surface area (Å²) in [4.78, 5) is 17.0. The monoisotopic (exact) mass is 448 g/mol. The van der Waals surface area contributed by atoms with E-state index in [9.17, 15) is 4.79 Å². The first-order valence-corrected chi connectivity index (χ1v) is 11.0. The molecule has 1 atom stereocenters. The highest BCUT2D eigenvalue weighted by molar-refractivity contribution is 7.14. The number of carbonyl (C=O) groups is 1. The third-order valence-corrected chi connectivity index (χ3v) is 5.78. The average Bonchev–Trinajstić information content (AvgIpc) is 3.25. The van der Waals surface area contributed by atoms with Crippen LogP contribution in [0.25, 0.3) is 11.1 Å². The molecule has 0 aliphatic carbocycles. The predicted molar refractivity (Wildman–Crippen MR) is 129 cm³/mol. The van der Waals surface area contributed by atoms with E-state index in [2.05, 4.69) is 15.6 Å². The van der Waals surface area contributed by atoms with Crippen LogP contribution in [0.4, 0.5) is 15.6 Å². The lowest BCUT2D eigenvalue weighted by Gasteiger charge is -2.11. The van der Waals surface area contributed by atoms with Gasteiger partial charge in [-0.3, -0.25) is 5.32 Å². The summed E-state index contributed by atoms with van der Waals surface area (Å²) in [5.74, 6) is 0. The number of urea groups is 1. The van der Waals surface area contributed by atoms with Crippen molar-refractivity contribution in [3.63, 3.8) is 0 Å². The minimum Gasteiger partial charge on any atom is -0.322 e. The number of halogens is 1. The Bertz CT molecular complexity index is 1160. The highest BCUT2D eigenvalue weighted by Gasteiger charge is 2.14. The van der Waals surface area contributed by atoms with Gasteiger partial charge >= 0.3 is 6.03 Å². The van der Waals surface area contributed by atoms with Crippen LogP contribution in [0, 0.1) is 0 Å². The lowest BCUT2D eigenvalue weighted by molar-refractivity contribution is 0.262. The molecule has 4 N–H and O–H groups in total. The molecule has 0 fully saturated rings. The molecule has 4 rings (SSSR count). The Labute approximate surface area is 189 Å². The van der Waals surface area contributed by atoms with E-state index >= 15 is 0 Å². The van der Waals surface area contributed by atoms with Crippen LogP contribution in [0.2, 0.25) is 5.02 Å². The number of rotatable bonds is 6. The smallest absolute Gasteiger partial charge is 0.322 e. The van der Waals surface area contributed by atoms with Crippen LogP contribution < -0.4 is 16.4 Å². The molecular formula is C24H21ClN4OS. The first kappa shape index (κ1) is 21.1. The van der Waals surface area contributed by atoms with Gasteiger partial charge in [0.2, 0.25) is 0 Å². The fourth-order valence-electron chi connectivity index (χ4n) is 3.21. The molecule has 0 aliphatic rings. The molecule has 0 saturated heterocycles. The first-order valence-electron chi connectivity index (χ1n) is 9.76. The zero-order chi connectivity index (χ0) is 21.6. The molecule has 0 spiro atoms. The minimum absolute atomic E-state index is 0.269.